The fraction of sp³-hybridized carbons (Fsp3) is 0.407. The summed E-state index contributed by atoms with van der Waals surface area (Å²) in [6.07, 6.45) is 1.44. The van der Waals surface area contributed by atoms with Crippen molar-refractivity contribution < 1.29 is 32.2 Å². The summed E-state index contributed by atoms with van der Waals surface area (Å²) in [6.45, 7) is 3.73. The van der Waals surface area contributed by atoms with Crippen LogP contribution in [-0.4, -0.2) is 75.6 Å². The number of nitrogens with one attached hydrogen (secondary N) is 1. The van der Waals surface area contributed by atoms with Crippen LogP contribution in [0.3, 0.4) is 0 Å². The van der Waals surface area contributed by atoms with E-state index in [1.165, 1.54) is 12.3 Å². The van der Waals surface area contributed by atoms with E-state index in [0.717, 1.165) is 23.0 Å². The Morgan fingerprint density at radius 1 is 1.02 bits per heavy atom. The molecule has 1 N–H and O–H groups in total. The van der Waals surface area contributed by atoms with Gasteiger partial charge in [-0.05, 0) is 29.7 Å². The Morgan fingerprint density at radius 2 is 1.77 bits per heavy atom. The molecule has 0 aromatic heterocycles. The molecular formula is C27H31Cl2N3O7S. The zero-order valence-corrected chi connectivity index (χ0v) is 24.1. The molecule has 0 aliphatic carbocycles. The Balaban J connectivity index is 1.42. The highest BCUT2D eigenvalue weighted by Crippen LogP contribution is 2.35. The summed E-state index contributed by atoms with van der Waals surface area (Å²) in [6, 6.07) is 12.6. The minimum atomic E-state index is -4.07. The van der Waals surface area contributed by atoms with Crippen molar-refractivity contribution >= 4 is 45.3 Å². The third kappa shape index (κ3) is 8.42. The fourth-order valence-corrected chi connectivity index (χ4v) is 6.10. The number of hydrogen-bond acceptors (Lipinski definition) is 8. The van der Waals surface area contributed by atoms with Crippen LogP contribution in [0.4, 0.5) is 0 Å². The van der Waals surface area contributed by atoms with Gasteiger partial charge < -0.3 is 14.2 Å². The van der Waals surface area contributed by atoms with Gasteiger partial charge in [-0.25, -0.2) is 4.79 Å². The van der Waals surface area contributed by atoms with Crippen molar-refractivity contribution in [2.24, 2.45) is 0 Å². The molecular weight excluding hydrogens is 581 g/mol. The number of rotatable bonds is 11. The number of nitrogens with zero attached hydrogens (tertiary/aromatic N) is 2. The van der Waals surface area contributed by atoms with Crippen LogP contribution in [0, 0.1) is 0 Å². The van der Waals surface area contributed by atoms with Gasteiger partial charge in [0.15, 0.2) is 0 Å². The highest BCUT2D eigenvalue weighted by atomic mass is 35.5. The molecule has 2 heterocycles. The molecule has 10 nitrogen and oxygen atoms in total. The average molecular weight is 613 g/mol. The van der Waals surface area contributed by atoms with Gasteiger partial charge >= 0.3 is 22.1 Å². The Bertz CT molecular complexity index is 1320. The average Bonchev–Trinajstić information content (AvgIpc) is 2.93. The van der Waals surface area contributed by atoms with Crippen LogP contribution in [0.15, 0.2) is 60.3 Å². The molecule has 13 heteroatoms. The van der Waals surface area contributed by atoms with Gasteiger partial charge in [0.05, 0.1) is 24.8 Å². The largest absolute Gasteiger partial charge is 0.464 e. The summed E-state index contributed by atoms with van der Waals surface area (Å²) < 4.78 is 45.9. The van der Waals surface area contributed by atoms with Crippen molar-refractivity contribution in [3.63, 3.8) is 0 Å². The van der Waals surface area contributed by atoms with Crippen LogP contribution >= 0.6 is 23.2 Å². The lowest BCUT2D eigenvalue weighted by atomic mass is 10.00. The van der Waals surface area contributed by atoms with E-state index in [1.807, 2.05) is 30.3 Å². The molecule has 0 radical (unpaired) electrons. The number of hydrogen-bond donors (Lipinski definition) is 1. The predicted molar refractivity (Wildman–Crippen MR) is 150 cm³/mol. The number of morpholine rings is 1. The lowest BCUT2D eigenvalue weighted by molar-refractivity contribution is -0.144. The SMILES string of the molecule is O=C(CCCN1C=C(C(=O)OCc2ccccc2)C(c2ccc(Cl)cc2Cl)NS1(=O)=O)OCCN1CCOCC1. The smallest absolute Gasteiger partial charge is 0.337 e. The van der Waals surface area contributed by atoms with Crippen molar-refractivity contribution in [1.29, 1.82) is 0 Å². The maximum atomic E-state index is 13.2. The molecule has 40 heavy (non-hydrogen) atoms. The monoisotopic (exact) mass is 611 g/mol. The molecule has 0 bridgehead atoms. The van der Waals surface area contributed by atoms with Crippen molar-refractivity contribution in [3.8, 4) is 0 Å². The van der Waals surface area contributed by atoms with Crippen LogP contribution in [0.1, 0.15) is 30.0 Å². The molecule has 1 atom stereocenters. The first kappa shape index (κ1) is 30.3. The number of ether oxygens (including phenoxy) is 3. The number of benzene rings is 2. The number of halogens is 2. The van der Waals surface area contributed by atoms with Crippen LogP contribution in [0.25, 0.3) is 0 Å². The van der Waals surface area contributed by atoms with Gasteiger partial charge in [0.1, 0.15) is 13.2 Å². The molecule has 1 fully saturated rings. The quantitative estimate of drug-likeness (QED) is 0.384. The van der Waals surface area contributed by atoms with Crippen molar-refractivity contribution in [1.82, 2.24) is 13.9 Å². The molecule has 4 rings (SSSR count). The molecule has 2 aromatic carbocycles. The highest BCUT2D eigenvalue weighted by Gasteiger charge is 2.37. The second-order valence-corrected chi connectivity index (χ2v) is 11.8. The van der Waals surface area contributed by atoms with Crippen LogP contribution in [-0.2, 0) is 40.6 Å². The van der Waals surface area contributed by atoms with Crippen LogP contribution < -0.4 is 4.72 Å². The van der Waals surface area contributed by atoms with E-state index in [4.69, 9.17) is 37.4 Å². The standard InChI is InChI=1S/C27H31Cl2N3O7S/c28-21-8-9-22(24(29)17-21)26-23(27(34)39-19-20-5-2-1-3-6-20)18-32(40(35,36)30-26)10-4-7-25(33)38-16-13-31-11-14-37-15-12-31/h1-3,5-6,8-9,17-18,26,30H,4,7,10-16,19H2. The third-order valence-electron chi connectivity index (χ3n) is 6.43. The number of esters is 2. The zero-order valence-electron chi connectivity index (χ0n) is 21.8. The van der Waals surface area contributed by atoms with Gasteiger partial charge in [-0.15, -0.1) is 0 Å². The summed E-state index contributed by atoms with van der Waals surface area (Å²) in [5.41, 5.74) is 1.17. The summed E-state index contributed by atoms with van der Waals surface area (Å²) in [4.78, 5) is 27.6. The maximum absolute atomic E-state index is 13.2. The van der Waals surface area contributed by atoms with Gasteiger partial charge in [0, 0.05) is 48.8 Å². The molecule has 2 aromatic rings. The minimum Gasteiger partial charge on any atom is -0.464 e. The molecule has 216 valence electrons. The van der Waals surface area contributed by atoms with Gasteiger partial charge in [-0.2, -0.15) is 13.1 Å². The lowest BCUT2D eigenvalue weighted by Crippen LogP contribution is -2.46. The zero-order chi connectivity index (χ0) is 28.5. The van der Waals surface area contributed by atoms with Gasteiger partial charge in [0.25, 0.3) is 0 Å². The van der Waals surface area contributed by atoms with Gasteiger partial charge in [0.2, 0.25) is 0 Å². The van der Waals surface area contributed by atoms with Crippen LogP contribution in [0.5, 0.6) is 0 Å². The molecule has 2 aliphatic heterocycles. The molecule has 1 unspecified atom stereocenters. The van der Waals surface area contributed by atoms with E-state index in [2.05, 4.69) is 9.62 Å². The first-order valence-corrected chi connectivity index (χ1v) is 15.0. The second kappa shape index (κ2) is 14.3. The van der Waals surface area contributed by atoms with E-state index in [1.54, 1.807) is 12.1 Å². The summed E-state index contributed by atoms with van der Waals surface area (Å²) in [5, 5.41) is 0.554. The molecule has 0 amide bonds. The first-order valence-electron chi connectivity index (χ1n) is 12.9. The predicted octanol–water partition coefficient (Wildman–Crippen LogP) is 3.47. The highest BCUT2D eigenvalue weighted by molar-refractivity contribution is 7.87. The van der Waals surface area contributed by atoms with Gasteiger partial charge in [-0.3, -0.25) is 14.0 Å². The fourth-order valence-electron chi connectivity index (χ4n) is 4.27. The van der Waals surface area contributed by atoms with E-state index >= 15 is 0 Å². The Labute approximate surface area is 243 Å². The normalized spacial score (nSPS) is 19.1. The Hall–Kier alpha value is -2.67. The Kier molecular flexibility index (Phi) is 10.8. The number of carbonyl (C=O) groups excluding carboxylic acids is 2. The molecule has 0 saturated carbocycles. The molecule has 0 spiro atoms. The van der Waals surface area contributed by atoms with E-state index in [0.29, 0.717) is 30.3 Å². The maximum Gasteiger partial charge on any atom is 0.337 e. The van der Waals surface area contributed by atoms with Crippen molar-refractivity contribution in [2.45, 2.75) is 25.5 Å². The van der Waals surface area contributed by atoms with Gasteiger partial charge in [-0.1, -0.05) is 59.6 Å². The molecule has 1 saturated heterocycles. The van der Waals surface area contributed by atoms with Crippen molar-refractivity contribution in [2.75, 3.05) is 46.0 Å². The minimum absolute atomic E-state index is 0.00112. The summed E-state index contributed by atoms with van der Waals surface area (Å²) in [7, 11) is -4.07. The second-order valence-electron chi connectivity index (χ2n) is 9.26. The summed E-state index contributed by atoms with van der Waals surface area (Å²) in [5.74, 6) is -1.14. The van der Waals surface area contributed by atoms with E-state index in [9.17, 15) is 18.0 Å². The van der Waals surface area contributed by atoms with E-state index < -0.39 is 28.2 Å². The topological polar surface area (TPSA) is 114 Å². The Morgan fingerprint density at radius 3 is 2.50 bits per heavy atom. The number of carbonyl (C=O) groups is 2. The van der Waals surface area contributed by atoms with Crippen LogP contribution in [0.2, 0.25) is 10.0 Å². The summed E-state index contributed by atoms with van der Waals surface area (Å²) >= 11 is 12.4. The van der Waals surface area contributed by atoms with Crippen molar-refractivity contribution in [3.05, 3.63) is 81.5 Å². The third-order valence-corrected chi connectivity index (χ3v) is 8.43. The van der Waals surface area contributed by atoms with E-state index in [-0.39, 0.29) is 43.2 Å². The lowest BCUT2D eigenvalue weighted by Gasteiger charge is -2.32. The first-order chi connectivity index (χ1) is 19.2. The molecule has 2 aliphatic rings.